The Bertz CT molecular complexity index is 825. The van der Waals surface area contributed by atoms with Crippen molar-refractivity contribution in [2.45, 2.75) is 231 Å². The van der Waals surface area contributed by atoms with Crippen LogP contribution >= 0.6 is 0 Å². The Hall–Kier alpha value is -1.07. The summed E-state index contributed by atoms with van der Waals surface area (Å²) in [5.74, 6) is 0.198. The topological polar surface area (TPSA) is 149 Å². The molecule has 51 heavy (non-hydrogen) atoms. The van der Waals surface area contributed by atoms with Gasteiger partial charge in [0.25, 0.3) is 0 Å². The van der Waals surface area contributed by atoms with Crippen LogP contribution in [0.3, 0.4) is 0 Å². The van der Waals surface area contributed by atoms with Gasteiger partial charge in [0.2, 0.25) is 5.91 Å². The maximum Gasteiger partial charge on any atom is 0.220 e. The Morgan fingerprint density at radius 2 is 1.18 bits per heavy atom. The number of aliphatic hydroxyl groups is 5. The van der Waals surface area contributed by atoms with Crippen molar-refractivity contribution >= 4 is 5.91 Å². The molecule has 0 aromatic carbocycles. The minimum absolute atomic E-state index is 0.00799. The molecule has 1 aliphatic rings. The third kappa shape index (κ3) is 24.1. The summed E-state index contributed by atoms with van der Waals surface area (Å²) in [6.07, 6.45) is 26.7. The molecule has 9 nitrogen and oxygen atoms in total. The Morgan fingerprint density at radius 3 is 1.75 bits per heavy atom. The number of hydrogen-bond acceptors (Lipinski definition) is 8. The lowest BCUT2D eigenvalue weighted by Gasteiger charge is -2.40. The Labute approximate surface area is 312 Å². The zero-order chi connectivity index (χ0) is 37.5. The maximum atomic E-state index is 13.3. The highest BCUT2D eigenvalue weighted by Gasteiger charge is 2.44. The van der Waals surface area contributed by atoms with Crippen LogP contribution in [0.15, 0.2) is 12.2 Å². The van der Waals surface area contributed by atoms with E-state index in [2.05, 4.69) is 31.3 Å². The van der Waals surface area contributed by atoms with E-state index in [0.29, 0.717) is 6.42 Å². The van der Waals surface area contributed by atoms with Crippen LogP contribution in [0.1, 0.15) is 188 Å². The number of ether oxygens (including phenoxy) is 2. The number of unbranched alkanes of at least 4 members (excludes halogenated alkanes) is 18. The molecule has 1 rings (SSSR count). The van der Waals surface area contributed by atoms with Gasteiger partial charge in [0.05, 0.1) is 25.4 Å². The zero-order valence-electron chi connectivity index (χ0n) is 33.0. The van der Waals surface area contributed by atoms with Gasteiger partial charge in [0.15, 0.2) is 6.29 Å². The van der Waals surface area contributed by atoms with Gasteiger partial charge in [-0.25, -0.2) is 0 Å². The quantitative estimate of drug-likeness (QED) is 0.0288. The third-order valence-electron chi connectivity index (χ3n) is 10.5. The fraction of sp³-hybridized carbons (Fsp3) is 0.929. The molecule has 1 amide bonds. The van der Waals surface area contributed by atoms with E-state index in [4.69, 9.17) is 9.47 Å². The standard InChI is InChI=1S/C42H81NO8/c1-4-6-8-9-10-11-12-13-14-15-16-17-18-23-27-31-38(46)43-36(33-50-42-41(49)40(48)39(47)37(32-44)51-42)35(29-24-7-5-2)30-26-22-20-19-21-25-28-34(3)45/h13-14,34-37,39-42,44-45,47-49H,4-12,15-33H2,1-3H3,(H,43,46)/t34-,35+,36?,37+,39-,40-,41+,42-/m0/s1. The number of amides is 1. The van der Waals surface area contributed by atoms with Crippen LogP contribution in [0.25, 0.3) is 0 Å². The Morgan fingerprint density at radius 1 is 0.686 bits per heavy atom. The van der Waals surface area contributed by atoms with Gasteiger partial charge in [-0.2, -0.15) is 0 Å². The highest BCUT2D eigenvalue weighted by molar-refractivity contribution is 5.76. The second-order valence-electron chi connectivity index (χ2n) is 15.3. The van der Waals surface area contributed by atoms with Crippen molar-refractivity contribution in [3.05, 3.63) is 12.2 Å². The van der Waals surface area contributed by atoms with Crippen molar-refractivity contribution in [3.8, 4) is 0 Å². The van der Waals surface area contributed by atoms with Gasteiger partial charge in [-0.05, 0) is 64.2 Å². The second-order valence-corrected chi connectivity index (χ2v) is 15.3. The summed E-state index contributed by atoms with van der Waals surface area (Å²) in [5.41, 5.74) is 0. The van der Waals surface area contributed by atoms with E-state index >= 15 is 0 Å². The summed E-state index contributed by atoms with van der Waals surface area (Å²) in [7, 11) is 0. The van der Waals surface area contributed by atoms with Gasteiger partial charge in [0.1, 0.15) is 24.4 Å². The van der Waals surface area contributed by atoms with Crippen LogP contribution < -0.4 is 5.32 Å². The van der Waals surface area contributed by atoms with E-state index in [9.17, 15) is 30.3 Å². The van der Waals surface area contributed by atoms with Crippen LogP contribution in [0.5, 0.6) is 0 Å². The molecule has 0 aromatic heterocycles. The van der Waals surface area contributed by atoms with E-state index in [-0.39, 0.29) is 30.6 Å². The van der Waals surface area contributed by atoms with E-state index in [1.54, 1.807) is 0 Å². The second kappa shape index (κ2) is 32.4. The van der Waals surface area contributed by atoms with Crippen LogP contribution in [-0.4, -0.2) is 87.5 Å². The van der Waals surface area contributed by atoms with Gasteiger partial charge < -0.3 is 40.3 Å². The largest absolute Gasteiger partial charge is 0.394 e. The molecule has 1 saturated heterocycles. The lowest BCUT2D eigenvalue weighted by atomic mass is 9.88. The molecule has 6 N–H and O–H groups in total. The van der Waals surface area contributed by atoms with Gasteiger partial charge in [-0.3, -0.25) is 4.79 Å². The number of aliphatic hydroxyl groups excluding tert-OH is 5. The van der Waals surface area contributed by atoms with E-state index in [1.807, 2.05) is 6.92 Å². The van der Waals surface area contributed by atoms with Gasteiger partial charge in [-0.1, -0.05) is 135 Å². The number of hydrogen-bond donors (Lipinski definition) is 6. The minimum atomic E-state index is -1.50. The first-order valence-electron chi connectivity index (χ1n) is 21.3. The van der Waals surface area contributed by atoms with Crippen molar-refractivity contribution in [2.75, 3.05) is 13.2 Å². The fourth-order valence-electron chi connectivity index (χ4n) is 7.09. The zero-order valence-corrected chi connectivity index (χ0v) is 33.0. The SMILES string of the molecule is CCCCCCCCC=CCCCCCCCC(=O)NC(CO[C@H]1O[C@H](CO)[C@H](O)[C@H](O)[C@H]1O)[C@H](CCCCC)CCCCCCCC[C@H](C)O. The molecule has 1 heterocycles. The van der Waals surface area contributed by atoms with Gasteiger partial charge >= 0.3 is 0 Å². The summed E-state index contributed by atoms with van der Waals surface area (Å²) in [6.45, 7) is 5.87. The molecule has 1 fully saturated rings. The highest BCUT2D eigenvalue weighted by Crippen LogP contribution is 2.26. The van der Waals surface area contributed by atoms with Crippen molar-refractivity contribution in [3.63, 3.8) is 0 Å². The summed E-state index contributed by atoms with van der Waals surface area (Å²) in [5, 5.41) is 53.5. The molecule has 0 aromatic rings. The molecule has 8 atom stereocenters. The molecule has 0 bridgehead atoms. The first-order chi connectivity index (χ1) is 24.7. The monoisotopic (exact) mass is 728 g/mol. The van der Waals surface area contributed by atoms with Crippen LogP contribution in [0, 0.1) is 5.92 Å². The molecule has 0 saturated carbocycles. The Kier molecular flexibility index (Phi) is 30.4. The molecule has 0 spiro atoms. The third-order valence-corrected chi connectivity index (χ3v) is 10.5. The van der Waals surface area contributed by atoms with Crippen LogP contribution in [-0.2, 0) is 14.3 Å². The van der Waals surface area contributed by atoms with Crippen molar-refractivity contribution in [1.82, 2.24) is 5.32 Å². The summed E-state index contributed by atoms with van der Waals surface area (Å²) in [6, 6.07) is -0.282. The van der Waals surface area contributed by atoms with E-state index < -0.39 is 37.3 Å². The molecule has 9 heteroatoms. The van der Waals surface area contributed by atoms with Crippen LogP contribution in [0.4, 0.5) is 0 Å². The molecular weight excluding hydrogens is 646 g/mol. The molecule has 0 radical (unpaired) electrons. The average Bonchev–Trinajstić information content (AvgIpc) is 3.11. The first-order valence-corrected chi connectivity index (χ1v) is 21.3. The van der Waals surface area contributed by atoms with E-state index in [0.717, 1.165) is 103 Å². The molecular formula is C42H81NO8. The molecule has 1 aliphatic heterocycles. The van der Waals surface area contributed by atoms with Crippen LogP contribution in [0.2, 0.25) is 0 Å². The predicted molar refractivity (Wildman–Crippen MR) is 207 cm³/mol. The maximum absolute atomic E-state index is 13.3. The normalized spacial score (nSPS) is 22.7. The summed E-state index contributed by atoms with van der Waals surface area (Å²) < 4.78 is 11.6. The molecule has 1 unspecified atom stereocenters. The van der Waals surface area contributed by atoms with Crippen molar-refractivity contribution in [2.24, 2.45) is 5.92 Å². The minimum Gasteiger partial charge on any atom is -0.394 e. The number of carbonyl (C=O) groups excluding carboxylic acids is 1. The number of carbonyl (C=O) groups is 1. The first kappa shape index (κ1) is 48.0. The number of rotatable bonds is 34. The highest BCUT2D eigenvalue weighted by atomic mass is 16.7. The lowest BCUT2D eigenvalue weighted by Crippen LogP contribution is -2.59. The smallest absolute Gasteiger partial charge is 0.220 e. The lowest BCUT2D eigenvalue weighted by molar-refractivity contribution is -0.302. The summed E-state index contributed by atoms with van der Waals surface area (Å²) in [4.78, 5) is 13.3. The van der Waals surface area contributed by atoms with Crippen molar-refractivity contribution in [1.29, 1.82) is 0 Å². The number of nitrogens with one attached hydrogen (secondary N) is 1. The van der Waals surface area contributed by atoms with Gasteiger partial charge in [-0.15, -0.1) is 0 Å². The average molecular weight is 728 g/mol. The molecule has 302 valence electrons. The summed E-state index contributed by atoms with van der Waals surface area (Å²) >= 11 is 0. The van der Waals surface area contributed by atoms with Crippen molar-refractivity contribution < 1.29 is 39.8 Å². The Balaban J connectivity index is 2.63. The number of allylic oxidation sites excluding steroid dienone is 2. The molecule has 0 aliphatic carbocycles. The predicted octanol–water partition coefficient (Wildman–Crippen LogP) is 8.02. The van der Waals surface area contributed by atoms with Gasteiger partial charge in [0, 0.05) is 6.42 Å². The van der Waals surface area contributed by atoms with E-state index in [1.165, 1.54) is 57.8 Å². The fourth-order valence-corrected chi connectivity index (χ4v) is 7.09.